The Kier molecular flexibility index (Phi) is 3.92. The predicted octanol–water partition coefficient (Wildman–Crippen LogP) is 0.442. The van der Waals surface area contributed by atoms with E-state index in [2.05, 4.69) is 11.9 Å². The Morgan fingerprint density at radius 3 is 3.08 bits per heavy atom. The van der Waals surface area contributed by atoms with Gasteiger partial charge in [-0.3, -0.25) is 5.32 Å². The van der Waals surface area contributed by atoms with Crippen LogP contribution in [0.1, 0.15) is 13.3 Å². The highest BCUT2D eigenvalue weighted by atomic mass is 16.5. The minimum atomic E-state index is -0.374. The van der Waals surface area contributed by atoms with E-state index in [1.165, 1.54) is 0 Å². The number of ether oxygens (including phenoxy) is 2. The van der Waals surface area contributed by atoms with Crippen LogP contribution in [-0.2, 0) is 14.3 Å². The van der Waals surface area contributed by atoms with Gasteiger partial charge in [-0.25, -0.2) is 4.79 Å². The molecule has 1 aliphatic heterocycles. The van der Waals surface area contributed by atoms with Crippen molar-refractivity contribution in [3.05, 3.63) is 12.2 Å². The second-order valence-electron chi connectivity index (χ2n) is 2.87. The molecule has 0 amide bonds. The Labute approximate surface area is 77.9 Å². The number of hydrogen-bond donors (Lipinski definition) is 1. The van der Waals surface area contributed by atoms with E-state index in [1.807, 2.05) is 6.92 Å². The summed E-state index contributed by atoms with van der Waals surface area (Å²) in [6, 6.07) is 0. The van der Waals surface area contributed by atoms with E-state index in [-0.39, 0.29) is 12.2 Å². The van der Waals surface area contributed by atoms with Crippen molar-refractivity contribution in [2.24, 2.45) is 0 Å². The molecule has 4 heteroatoms. The Morgan fingerprint density at radius 2 is 2.54 bits per heavy atom. The van der Waals surface area contributed by atoms with Crippen LogP contribution in [-0.4, -0.2) is 32.0 Å². The molecule has 0 spiro atoms. The molecule has 74 valence electrons. The maximum absolute atomic E-state index is 11.2. The molecule has 1 rings (SSSR count). The molecule has 0 bridgehead atoms. The maximum Gasteiger partial charge on any atom is 0.337 e. The zero-order chi connectivity index (χ0) is 9.68. The largest absolute Gasteiger partial charge is 0.462 e. The van der Waals surface area contributed by atoms with Crippen LogP contribution in [0.5, 0.6) is 0 Å². The summed E-state index contributed by atoms with van der Waals surface area (Å²) >= 11 is 0. The summed E-state index contributed by atoms with van der Waals surface area (Å²) in [7, 11) is 0. The van der Waals surface area contributed by atoms with Gasteiger partial charge in [0, 0.05) is 6.54 Å². The van der Waals surface area contributed by atoms with Gasteiger partial charge in [0.2, 0.25) is 0 Å². The van der Waals surface area contributed by atoms with Crippen molar-refractivity contribution < 1.29 is 14.3 Å². The third-order valence-electron chi connectivity index (χ3n) is 1.73. The molecule has 1 atom stereocenters. The first kappa shape index (κ1) is 10.2. The molecule has 0 radical (unpaired) electrons. The van der Waals surface area contributed by atoms with Crippen LogP contribution < -0.4 is 5.32 Å². The van der Waals surface area contributed by atoms with Gasteiger partial charge in [0.1, 0.15) is 6.23 Å². The lowest BCUT2D eigenvalue weighted by Crippen LogP contribution is -2.29. The van der Waals surface area contributed by atoms with Gasteiger partial charge in [-0.1, -0.05) is 13.5 Å². The summed E-state index contributed by atoms with van der Waals surface area (Å²) < 4.78 is 10.1. The van der Waals surface area contributed by atoms with Crippen LogP contribution in [0.4, 0.5) is 0 Å². The molecule has 1 saturated heterocycles. The Bertz CT molecular complexity index is 197. The topological polar surface area (TPSA) is 47.6 Å². The normalized spacial score (nSPS) is 21.5. The number of rotatable bonds is 4. The molecule has 1 unspecified atom stereocenters. The average molecular weight is 185 g/mol. The van der Waals surface area contributed by atoms with Gasteiger partial charge in [0.15, 0.2) is 0 Å². The molecule has 4 nitrogen and oxygen atoms in total. The smallest absolute Gasteiger partial charge is 0.337 e. The highest BCUT2D eigenvalue weighted by Crippen LogP contribution is 2.07. The standard InChI is InChI=1S/C9H15NO3/c1-3-5-13-9(11)7(2)8-10-4-6-12-8/h8,10H,2-6H2,1H3. The highest BCUT2D eigenvalue weighted by molar-refractivity contribution is 5.88. The molecule has 1 N–H and O–H groups in total. The van der Waals surface area contributed by atoms with Gasteiger partial charge in [0.25, 0.3) is 0 Å². The molecule has 13 heavy (non-hydrogen) atoms. The molecular weight excluding hydrogens is 170 g/mol. The van der Waals surface area contributed by atoms with Crippen LogP contribution in [0.25, 0.3) is 0 Å². The van der Waals surface area contributed by atoms with E-state index in [9.17, 15) is 4.79 Å². The van der Waals surface area contributed by atoms with E-state index < -0.39 is 0 Å². The molecule has 0 aromatic heterocycles. The number of carbonyl (C=O) groups excluding carboxylic acids is 1. The van der Waals surface area contributed by atoms with Crippen LogP contribution in [0.2, 0.25) is 0 Å². The zero-order valence-electron chi connectivity index (χ0n) is 7.84. The second kappa shape index (κ2) is 4.99. The van der Waals surface area contributed by atoms with Gasteiger partial charge in [-0.05, 0) is 6.42 Å². The van der Waals surface area contributed by atoms with Gasteiger partial charge in [0.05, 0.1) is 18.8 Å². The lowest BCUT2D eigenvalue weighted by molar-refractivity contribution is -0.140. The van der Waals surface area contributed by atoms with Crippen molar-refractivity contribution in [3.63, 3.8) is 0 Å². The van der Waals surface area contributed by atoms with Gasteiger partial charge in [-0.2, -0.15) is 0 Å². The van der Waals surface area contributed by atoms with Crippen LogP contribution in [0, 0.1) is 0 Å². The summed E-state index contributed by atoms with van der Waals surface area (Å²) in [6.45, 7) is 7.38. The number of esters is 1. The first-order valence-corrected chi connectivity index (χ1v) is 4.46. The van der Waals surface area contributed by atoms with Crippen LogP contribution >= 0.6 is 0 Å². The highest BCUT2D eigenvalue weighted by Gasteiger charge is 2.23. The molecule has 1 heterocycles. The molecule has 0 saturated carbocycles. The van der Waals surface area contributed by atoms with Crippen LogP contribution in [0.15, 0.2) is 12.2 Å². The van der Waals surface area contributed by atoms with Crippen molar-refractivity contribution >= 4 is 5.97 Å². The molecule has 0 aliphatic carbocycles. The van der Waals surface area contributed by atoms with E-state index in [0.717, 1.165) is 13.0 Å². The summed E-state index contributed by atoms with van der Waals surface area (Å²) in [5.41, 5.74) is 0.353. The van der Waals surface area contributed by atoms with Crippen molar-refractivity contribution in [2.75, 3.05) is 19.8 Å². The zero-order valence-corrected chi connectivity index (χ0v) is 7.84. The van der Waals surface area contributed by atoms with Crippen molar-refractivity contribution in [1.29, 1.82) is 0 Å². The van der Waals surface area contributed by atoms with E-state index in [1.54, 1.807) is 0 Å². The van der Waals surface area contributed by atoms with E-state index in [0.29, 0.717) is 18.8 Å². The minimum absolute atomic E-state index is 0.353. The van der Waals surface area contributed by atoms with Crippen LogP contribution in [0.3, 0.4) is 0 Å². The molecular formula is C9H15NO3. The number of hydrogen-bond acceptors (Lipinski definition) is 4. The predicted molar refractivity (Wildman–Crippen MR) is 48.1 cm³/mol. The number of nitrogens with one attached hydrogen (secondary N) is 1. The van der Waals surface area contributed by atoms with Gasteiger partial charge < -0.3 is 9.47 Å². The Balaban J connectivity index is 2.32. The molecule has 0 aromatic carbocycles. The van der Waals surface area contributed by atoms with Crippen molar-refractivity contribution in [2.45, 2.75) is 19.6 Å². The average Bonchev–Trinajstić information content (AvgIpc) is 2.65. The molecule has 1 fully saturated rings. The summed E-state index contributed by atoms with van der Waals surface area (Å²) in [4.78, 5) is 11.2. The summed E-state index contributed by atoms with van der Waals surface area (Å²) in [5.74, 6) is -0.374. The second-order valence-corrected chi connectivity index (χ2v) is 2.87. The van der Waals surface area contributed by atoms with Crippen molar-refractivity contribution in [3.8, 4) is 0 Å². The fourth-order valence-corrected chi connectivity index (χ4v) is 1.04. The maximum atomic E-state index is 11.2. The summed E-state index contributed by atoms with van der Waals surface area (Å²) in [5, 5.41) is 2.99. The monoisotopic (exact) mass is 185 g/mol. The SMILES string of the molecule is C=C(C(=O)OCCC)C1NCCO1. The fourth-order valence-electron chi connectivity index (χ4n) is 1.04. The number of carbonyl (C=O) groups is 1. The quantitative estimate of drug-likeness (QED) is 0.510. The fraction of sp³-hybridized carbons (Fsp3) is 0.667. The first-order valence-electron chi connectivity index (χ1n) is 4.46. The lowest BCUT2D eigenvalue weighted by Gasteiger charge is -2.11. The molecule has 1 aliphatic rings. The van der Waals surface area contributed by atoms with Crippen molar-refractivity contribution in [1.82, 2.24) is 5.32 Å². The summed E-state index contributed by atoms with van der Waals surface area (Å²) in [6.07, 6.45) is 0.460. The third-order valence-corrected chi connectivity index (χ3v) is 1.73. The third kappa shape index (κ3) is 2.82. The Hall–Kier alpha value is -0.870. The first-order chi connectivity index (χ1) is 6.25. The molecule has 0 aromatic rings. The Morgan fingerprint density at radius 1 is 1.77 bits per heavy atom. The van der Waals surface area contributed by atoms with Gasteiger partial charge in [-0.15, -0.1) is 0 Å². The minimum Gasteiger partial charge on any atom is -0.462 e. The van der Waals surface area contributed by atoms with E-state index in [4.69, 9.17) is 9.47 Å². The van der Waals surface area contributed by atoms with Gasteiger partial charge >= 0.3 is 5.97 Å². The van der Waals surface area contributed by atoms with E-state index >= 15 is 0 Å². The lowest BCUT2D eigenvalue weighted by atomic mass is 10.3.